The Balaban J connectivity index is 1.14. The molecule has 6 aliphatic carbocycles. The molecule has 0 spiro atoms. The summed E-state index contributed by atoms with van der Waals surface area (Å²) in [6.07, 6.45) is 18.0. The maximum Gasteiger partial charge on any atom is 0.313 e. The Morgan fingerprint density at radius 3 is 2.47 bits per heavy atom. The van der Waals surface area contributed by atoms with Gasteiger partial charge >= 0.3 is 5.97 Å². The molecule has 4 saturated carbocycles. The summed E-state index contributed by atoms with van der Waals surface area (Å²) in [6.45, 7) is 19.5. The van der Waals surface area contributed by atoms with Gasteiger partial charge in [0.15, 0.2) is 0 Å². The van der Waals surface area contributed by atoms with Gasteiger partial charge in [0, 0.05) is 11.7 Å². The molecule has 0 aromatic carbocycles. The first-order valence-corrected chi connectivity index (χ1v) is 19.2. The lowest BCUT2D eigenvalue weighted by atomic mass is 9.35. The van der Waals surface area contributed by atoms with E-state index in [4.69, 9.17) is 10.5 Å². The van der Waals surface area contributed by atoms with Crippen molar-refractivity contribution in [3.8, 4) is 11.9 Å². The van der Waals surface area contributed by atoms with Gasteiger partial charge < -0.3 is 15.6 Å². The Labute approximate surface area is 294 Å². The first-order valence-electron chi connectivity index (χ1n) is 19.2. The summed E-state index contributed by atoms with van der Waals surface area (Å²) in [4.78, 5) is 16.9. The van der Waals surface area contributed by atoms with Gasteiger partial charge in [0.25, 0.3) is 0 Å². The summed E-state index contributed by atoms with van der Waals surface area (Å²) < 4.78 is 5.92. The molecule has 6 nitrogen and oxygen atoms in total. The molecule has 0 saturated heterocycles. The highest BCUT2D eigenvalue weighted by Gasteiger charge is 2.68. The van der Waals surface area contributed by atoms with E-state index in [9.17, 15) is 15.2 Å². The number of fused-ring (bicyclic) bond motifs is 7. The molecule has 1 heterocycles. The summed E-state index contributed by atoms with van der Waals surface area (Å²) >= 11 is 0. The molecule has 11 atom stereocenters. The predicted molar refractivity (Wildman–Crippen MR) is 193 cm³/mol. The number of hydrogen-bond donors (Lipinski definition) is 2. The minimum Gasteiger partial charge on any atom is -0.481 e. The number of aromatic nitrogens is 1. The van der Waals surface area contributed by atoms with Crippen molar-refractivity contribution in [1.29, 1.82) is 5.26 Å². The van der Waals surface area contributed by atoms with Crippen LogP contribution >= 0.6 is 0 Å². The predicted octanol–water partition coefficient (Wildman–Crippen LogP) is 9.27. The highest BCUT2D eigenvalue weighted by molar-refractivity contribution is 5.75. The molecule has 6 heteroatoms. The third-order valence-electron chi connectivity index (χ3n) is 16.3. The van der Waals surface area contributed by atoms with Crippen LogP contribution in [0.15, 0.2) is 53.8 Å². The second-order valence-corrected chi connectivity index (χ2v) is 18.5. The normalized spacial score (nSPS) is 43.8. The molecule has 1 aromatic heterocycles. The number of rotatable bonds is 6. The summed E-state index contributed by atoms with van der Waals surface area (Å²) in [5, 5.41) is 19.9. The van der Waals surface area contributed by atoms with Crippen molar-refractivity contribution in [2.75, 3.05) is 6.61 Å². The molecule has 1 aromatic rings. The van der Waals surface area contributed by atoms with Crippen molar-refractivity contribution in [2.45, 2.75) is 118 Å². The SMILES string of the molecule is C=C(C)[C@@H]1CC[C@]2(N)CC[C@]3(C)[C@H](CC[C@@H]4[C@H]5C(C)C=C(C6=CCC(COc7ncccc7C#N)(C(=O)O)CC6)C(C)(C)[C@@H]5CC[C@]43C)[C@@H]12. The van der Waals surface area contributed by atoms with E-state index in [0.29, 0.717) is 70.7 Å². The Morgan fingerprint density at radius 2 is 1.80 bits per heavy atom. The summed E-state index contributed by atoms with van der Waals surface area (Å²) in [7, 11) is 0. The number of pyridine rings is 1. The lowest BCUT2D eigenvalue weighted by Crippen LogP contribution is -2.66. The molecular formula is C43H59N3O3. The van der Waals surface area contributed by atoms with Crippen LogP contribution in [-0.4, -0.2) is 28.2 Å². The van der Waals surface area contributed by atoms with Crippen LogP contribution < -0.4 is 10.5 Å². The van der Waals surface area contributed by atoms with Crippen LogP contribution in [0.4, 0.5) is 0 Å². The van der Waals surface area contributed by atoms with E-state index in [1.807, 2.05) is 0 Å². The number of carboxylic acid groups (broad SMARTS) is 1. The highest BCUT2D eigenvalue weighted by Crippen LogP contribution is 2.74. The van der Waals surface area contributed by atoms with Crippen LogP contribution in [0.1, 0.15) is 118 Å². The van der Waals surface area contributed by atoms with E-state index in [2.05, 4.69) is 71.3 Å². The molecule has 0 aliphatic heterocycles. The summed E-state index contributed by atoms with van der Waals surface area (Å²) in [5.41, 5.74) is 11.3. The molecule has 49 heavy (non-hydrogen) atoms. The van der Waals surface area contributed by atoms with Crippen LogP contribution in [0.3, 0.4) is 0 Å². The zero-order valence-electron chi connectivity index (χ0n) is 30.9. The first-order chi connectivity index (χ1) is 23.1. The van der Waals surface area contributed by atoms with Crippen LogP contribution in [-0.2, 0) is 4.79 Å². The van der Waals surface area contributed by atoms with E-state index in [-0.39, 0.29) is 23.4 Å². The van der Waals surface area contributed by atoms with E-state index in [0.717, 1.165) is 19.3 Å². The zero-order chi connectivity index (χ0) is 35.1. The Bertz CT molecular complexity index is 1640. The lowest BCUT2D eigenvalue weighted by Gasteiger charge is -2.70. The number of nitrogens with two attached hydrogens (primary N) is 1. The number of hydrogen-bond acceptors (Lipinski definition) is 5. The third-order valence-corrected chi connectivity index (χ3v) is 16.3. The smallest absolute Gasteiger partial charge is 0.313 e. The molecular weight excluding hydrogens is 606 g/mol. The van der Waals surface area contributed by atoms with Gasteiger partial charge in [-0.1, -0.05) is 58.9 Å². The largest absolute Gasteiger partial charge is 0.481 e. The molecule has 6 aliphatic rings. The number of allylic oxidation sites excluding steroid dienone is 5. The molecule has 2 unspecified atom stereocenters. The average Bonchev–Trinajstić information content (AvgIpc) is 3.43. The Hall–Kier alpha value is -2.91. The molecule has 264 valence electrons. The van der Waals surface area contributed by atoms with Crippen LogP contribution in [0.25, 0.3) is 0 Å². The standard InChI is InChI=1S/C43H59N3O3/c1-26(2)30-14-19-43(45)21-20-41(7)33(36(30)43)11-10-32-35-27(3)23-34(39(4,5)31(35)15-16-40(32,41)6)28-12-17-42(18-13-28,38(47)48)25-49-37-29(24-44)9-8-22-46-37/h8-9,12,22-23,27,30-33,35-36H,1,10-11,13-21,25,45H2,2-7H3,(H,47,48)/t27?,30-,31+,32+,33+,35-,36+,40+,41+,42?,43-/m0/s1. The third kappa shape index (κ3) is 5.02. The van der Waals surface area contributed by atoms with Gasteiger partial charge in [0.05, 0.1) is 0 Å². The van der Waals surface area contributed by atoms with Gasteiger partial charge in [-0.25, -0.2) is 4.98 Å². The van der Waals surface area contributed by atoms with Crippen molar-refractivity contribution in [1.82, 2.24) is 4.98 Å². The maximum absolute atomic E-state index is 12.7. The summed E-state index contributed by atoms with van der Waals surface area (Å²) in [5.74, 6) is 3.64. The zero-order valence-corrected chi connectivity index (χ0v) is 30.9. The van der Waals surface area contributed by atoms with Crippen molar-refractivity contribution in [2.24, 2.45) is 68.8 Å². The minimum absolute atomic E-state index is 0.000617. The molecule has 0 radical (unpaired) electrons. The average molecular weight is 666 g/mol. The quantitative estimate of drug-likeness (QED) is 0.293. The molecule has 7 rings (SSSR count). The van der Waals surface area contributed by atoms with Gasteiger partial charge in [-0.2, -0.15) is 5.26 Å². The second-order valence-electron chi connectivity index (χ2n) is 18.5. The fourth-order valence-corrected chi connectivity index (χ4v) is 13.3. The number of aliphatic carboxylic acids is 1. The lowest BCUT2D eigenvalue weighted by molar-refractivity contribution is -0.198. The van der Waals surface area contributed by atoms with E-state index < -0.39 is 11.4 Å². The number of nitriles is 1. The van der Waals surface area contributed by atoms with E-state index >= 15 is 0 Å². The number of nitrogens with zero attached hydrogens (tertiary/aromatic N) is 2. The molecule has 0 amide bonds. The van der Waals surface area contributed by atoms with Crippen molar-refractivity contribution < 1.29 is 14.6 Å². The molecule has 3 N–H and O–H groups in total. The van der Waals surface area contributed by atoms with Crippen molar-refractivity contribution >= 4 is 5.97 Å². The second kappa shape index (κ2) is 11.8. The minimum atomic E-state index is -1.04. The van der Waals surface area contributed by atoms with Crippen molar-refractivity contribution in [3.05, 3.63) is 59.3 Å². The molecule has 4 fully saturated rings. The Morgan fingerprint density at radius 1 is 1.06 bits per heavy atom. The Kier molecular flexibility index (Phi) is 8.34. The monoisotopic (exact) mass is 665 g/mol. The summed E-state index contributed by atoms with van der Waals surface area (Å²) in [6, 6.07) is 5.43. The topological polar surface area (TPSA) is 109 Å². The fraction of sp³-hybridized carbons (Fsp3) is 0.698. The van der Waals surface area contributed by atoms with Gasteiger partial charge in [-0.05, 0) is 159 Å². The van der Waals surface area contributed by atoms with Crippen LogP contribution in [0.5, 0.6) is 5.88 Å². The van der Waals surface area contributed by atoms with E-state index in [1.54, 1.807) is 18.3 Å². The maximum atomic E-state index is 12.7. The number of ether oxygens (including phenoxy) is 1. The number of carbonyl (C=O) groups is 1. The highest BCUT2D eigenvalue weighted by atomic mass is 16.5. The van der Waals surface area contributed by atoms with Gasteiger partial charge in [0.2, 0.25) is 5.88 Å². The molecule has 0 bridgehead atoms. The van der Waals surface area contributed by atoms with Crippen molar-refractivity contribution in [3.63, 3.8) is 0 Å². The van der Waals surface area contributed by atoms with E-state index in [1.165, 1.54) is 55.2 Å². The van der Waals surface area contributed by atoms with Crippen LogP contribution in [0, 0.1) is 74.4 Å². The van der Waals surface area contributed by atoms with Crippen LogP contribution in [0.2, 0.25) is 0 Å². The first kappa shape index (κ1) is 34.5. The fourth-order valence-electron chi connectivity index (χ4n) is 13.3. The number of carboxylic acids is 1. The van der Waals surface area contributed by atoms with Gasteiger partial charge in [-0.3, -0.25) is 4.79 Å². The van der Waals surface area contributed by atoms with Gasteiger partial charge in [-0.15, -0.1) is 0 Å². The van der Waals surface area contributed by atoms with Gasteiger partial charge in [0.1, 0.15) is 23.7 Å².